The molecule has 6 heteroatoms. The second kappa shape index (κ2) is 7.77. The van der Waals surface area contributed by atoms with Gasteiger partial charge in [-0.25, -0.2) is 4.98 Å². The molecule has 0 spiro atoms. The zero-order chi connectivity index (χ0) is 16.9. The molecule has 0 radical (unpaired) electrons. The first kappa shape index (κ1) is 16.9. The molecular weight excluding hydrogens is 320 g/mol. The number of nitrogens with one attached hydrogen (secondary N) is 1. The lowest BCUT2D eigenvalue weighted by molar-refractivity contribution is -0.117. The van der Waals surface area contributed by atoms with Gasteiger partial charge in [-0.1, -0.05) is 18.2 Å². The van der Waals surface area contributed by atoms with Gasteiger partial charge in [-0.3, -0.25) is 9.69 Å². The number of hydrogen-bond acceptors (Lipinski definition) is 5. The summed E-state index contributed by atoms with van der Waals surface area (Å²) < 4.78 is 0. The molecule has 1 aromatic carbocycles. The second-order valence-electron chi connectivity index (χ2n) is 6.25. The van der Waals surface area contributed by atoms with Gasteiger partial charge in [0.25, 0.3) is 0 Å². The summed E-state index contributed by atoms with van der Waals surface area (Å²) in [5.41, 5.74) is 3.16. The van der Waals surface area contributed by atoms with Crippen LogP contribution in [0.25, 0.3) is 0 Å². The number of carbonyl (C=O) groups excluding carboxylic acids is 1. The summed E-state index contributed by atoms with van der Waals surface area (Å²) in [4.78, 5) is 21.4. The largest absolute Gasteiger partial charge is 0.347 e. The van der Waals surface area contributed by atoms with Crippen molar-refractivity contribution in [1.82, 2.24) is 9.88 Å². The molecule has 2 aromatic rings. The Kier molecular flexibility index (Phi) is 5.48. The van der Waals surface area contributed by atoms with Gasteiger partial charge >= 0.3 is 0 Å². The number of rotatable bonds is 4. The maximum atomic E-state index is 12.4. The highest BCUT2D eigenvalue weighted by atomic mass is 32.1. The molecule has 1 fully saturated rings. The first-order valence-corrected chi connectivity index (χ1v) is 9.24. The standard InChI is InChI=1S/C18H24N4OS/c1-14-5-3-6-15(2)17(14)20-16(23)13-21-8-4-9-22(11-10-21)18-19-7-12-24-18/h3,5-7,12H,4,8-11,13H2,1-2H3,(H,20,23). The molecule has 24 heavy (non-hydrogen) atoms. The number of anilines is 2. The number of aromatic nitrogens is 1. The average molecular weight is 344 g/mol. The van der Waals surface area contributed by atoms with E-state index in [0.717, 1.165) is 54.5 Å². The van der Waals surface area contributed by atoms with Crippen LogP contribution in [-0.2, 0) is 4.79 Å². The average Bonchev–Trinajstić information content (AvgIpc) is 2.99. The molecule has 1 N–H and O–H groups in total. The molecule has 2 heterocycles. The second-order valence-corrected chi connectivity index (χ2v) is 7.12. The molecule has 3 rings (SSSR count). The monoisotopic (exact) mass is 344 g/mol. The first-order chi connectivity index (χ1) is 11.6. The van der Waals surface area contributed by atoms with Gasteiger partial charge in [0.15, 0.2) is 5.13 Å². The highest BCUT2D eigenvalue weighted by Gasteiger charge is 2.19. The number of para-hydroxylation sites is 1. The third kappa shape index (κ3) is 4.13. The molecule has 1 saturated heterocycles. The minimum atomic E-state index is 0.0649. The zero-order valence-corrected chi connectivity index (χ0v) is 15.1. The number of thiazole rings is 1. The summed E-state index contributed by atoms with van der Waals surface area (Å²) >= 11 is 1.68. The summed E-state index contributed by atoms with van der Waals surface area (Å²) in [5.74, 6) is 0.0649. The Balaban J connectivity index is 1.55. The maximum absolute atomic E-state index is 12.4. The molecule has 128 valence electrons. The number of hydrogen-bond donors (Lipinski definition) is 1. The Morgan fingerprint density at radius 1 is 1.21 bits per heavy atom. The predicted octanol–water partition coefficient (Wildman–Crippen LogP) is 2.91. The van der Waals surface area contributed by atoms with Crippen molar-refractivity contribution in [2.45, 2.75) is 20.3 Å². The van der Waals surface area contributed by atoms with E-state index in [1.165, 1.54) is 0 Å². The van der Waals surface area contributed by atoms with Crippen LogP contribution in [0.2, 0.25) is 0 Å². The van der Waals surface area contributed by atoms with Crippen LogP contribution in [0.15, 0.2) is 29.8 Å². The van der Waals surface area contributed by atoms with Crippen molar-refractivity contribution in [2.24, 2.45) is 0 Å². The van der Waals surface area contributed by atoms with Crippen molar-refractivity contribution in [3.05, 3.63) is 40.9 Å². The van der Waals surface area contributed by atoms with Gasteiger partial charge in [0.05, 0.1) is 6.54 Å². The molecule has 1 aromatic heterocycles. The smallest absolute Gasteiger partial charge is 0.238 e. The van der Waals surface area contributed by atoms with Crippen molar-refractivity contribution >= 4 is 28.1 Å². The van der Waals surface area contributed by atoms with Gasteiger partial charge in [0.2, 0.25) is 5.91 Å². The Labute approximate surface area is 147 Å². The molecule has 1 aliphatic rings. The number of carbonyl (C=O) groups is 1. The summed E-state index contributed by atoms with van der Waals surface area (Å²) in [6.45, 7) is 8.26. The van der Waals surface area contributed by atoms with Gasteiger partial charge < -0.3 is 10.2 Å². The normalized spacial score (nSPS) is 16.0. The minimum Gasteiger partial charge on any atom is -0.347 e. The first-order valence-electron chi connectivity index (χ1n) is 8.36. The van der Waals surface area contributed by atoms with Crippen molar-refractivity contribution < 1.29 is 4.79 Å². The summed E-state index contributed by atoms with van der Waals surface area (Å²) in [6, 6.07) is 6.07. The van der Waals surface area contributed by atoms with E-state index in [9.17, 15) is 4.79 Å². The number of benzene rings is 1. The molecular formula is C18H24N4OS. The lowest BCUT2D eigenvalue weighted by atomic mass is 10.1. The van der Waals surface area contributed by atoms with Gasteiger partial charge in [0.1, 0.15) is 0 Å². The van der Waals surface area contributed by atoms with Crippen LogP contribution in [0, 0.1) is 13.8 Å². The zero-order valence-electron chi connectivity index (χ0n) is 14.3. The van der Waals surface area contributed by atoms with Crippen molar-refractivity contribution in [3.8, 4) is 0 Å². The highest BCUT2D eigenvalue weighted by Crippen LogP contribution is 2.20. The van der Waals surface area contributed by atoms with E-state index in [-0.39, 0.29) is 5.91 Å². The Morgan fingerprint density at radius 2 is 2.00 bits per heavy atom. The lowest BCUT2D eigenvalue weighted by Crippen LogP contribution is -2.36. The predicted molar refractivity (Wildman–Crippen MR) is 99.9 cm³/mol. The number of nitrogens with zero attached hydrogens (tertiary/aromatic N) is 3. The molecule has 1 aliphatic heterocycles. The van der Waals surface area contributed by atoms with Gasteiger partial charge in [-0.2, -0.15) is 0 Å². The molecule has 5 nitrogen and oxygen atoms in total. The van der Waals surface area contributed by atoms with E-state index < -0.39 is 0 Å². The van der Waals surface area contributed by atoms with E-state index in [4.69, 9.17) is 0 Å². The van der Waals surface area contributed by atoms with Crippen molar-refractivity contribution in [1.29, 1.82) is 0 Å². The van der Waals surface area contributed by atoms with Crippen LogP contribution in [0.1, 0.15) is 17.5 Å². The molecule has 1 amide bonds. The van der Waals surface area contributed by atoms with Gasteiger partial charge in [-0.15, -0.1) is 11.3 Å². The van der Waals surface area contributed by atoms with Crippen LogP contribution in [-0.4, -0.2) is 48.5 Å². The third-order valence-electron chi connectivity index (χ3n) is 4.39. The maximum Gasteiger partial charge on any atom is 0.238 e. The third-order valence-corrected chi connectivity index (χ3v) is 5.22. The van der Waals surface area contributed by atoms with Crippen molar-refractivity contribution in [2.75, 3.05) is 42.9 Å². The van der Waals surface area contributed by atoms with Crippen LogP contribution in [0.3, 0.4) is 0 Å². The van der Waals surface area contributed by atoms with Crippen LogP contribution in [0.4, 0.5) is 10.8 Å². The Hall–Kier alpha value is -1.92. The van der Waals surface area contributed by atoms with Crippen LogP contribution >= 0.6 is 11.3 Å². The Morgan fingerprint density at radius 3 is 2.71 bits per heavy atom. The van der Waals surface area contributed by atoms with E-state index in [2.05, 4.69) is 20.1 Å². The summed E-state index contributed by atoms with van der Waals surface area (Å²) in [5, 5.41) is 6.17. The molecule has 0 bridgehead atoms. The molecule has 0 atom stereocenters. The van der Waals surface area contributed by atoms with E-state index in [1.54, 1.807) is 11.3 Å². The quantitative estimate of drug-likeness (QED) is 0.926. The van der Waals surface area contributed by atoms with Gasteiger partial charge in [0, 0.05) is 43.4 Å². The van der Waals surface area contributed by atoms with E-state index in [0.29, 0.717) is 6.54 Å². The van der Waals surface area contributed by atoms with Crippen LogP contribution in [0.5, 0.6) is 0 Å². The SMILES string of the molecule is Cc1cccc(C)c1NC(=O)CN1CCCN(c2nccs2)CC1. The minimum absolute atomic E-state index is 0.0649. The fourth-order valence-electron chi connectivity index (χ4n) is 3.09. The lowest BCUT2D eigenvalue weighted by Gasteiger charge is -2.21. The number of aryl methyl sites for hydroxylation is 2. The van der Waals surface area contributed by atoms with Gasteiger partial charge in [-0.05, 0) is 31.4 Å². The molecule has 0 unspecified atom stereocenters. The topological polar surface area (TPSA) is 48.5 Å². The Bertz CT molecular complexity index is 666. The summed E-state index contributed by atoms with van der Waals surface area (Å²) in [6.07, 6.45) is 2.90. The highest BCUT2D eigenvalue weighted by molar-refractivity contribution is 7.13. The molecule has 0 aliphatic carbocycles. The number of amides is 1. The fourth-order valence-corrected chi connectivity index (χ4v) is 3.78. The van der Waals surface area contributed by atoms with Crippen LogP contribution < -0.4 is 10.2 Å². The van der Waals surface area contributed by atoms with Crippen molar-refractivity contribution in [3.63, 3.8) is 0 Å². The van der Waals surface area contributed by atoms with E-state index >= 15 is 0 Å². The summed E-state index contributed by atoms with van der Waals surface area (Å²) in [7, 11) is 0. The fraction of sp³-hybridized carbons (Fsp3) is 0.444. The van der Waals surface area contributed by atoms with E-state index in [1.807, 2.05) is 43.6 Å². The molecule has 0 saturated carbocycles.